The van der Waals surface area contributed by atoms with Crippen LogP contribution in [-0.4, -0.2) is 29.0 Å². The Hall–Kier alpha value is -2.15. The highest BCUT2D eigenvalue weighted by Crippen LogP contribution is 2.28. The van der Waals surface area contributed by atoms with Crippen LogP contribution in [0.25, 0.3) is 0 Å². The van der Waals surface area contributed by atoms with Crippen molar-refractivity contribution in [3.8, 4) is 5.75 Å². The van der Waals surface area contributed by atoms with Gasteiger partial charge in [-0.2, -0.15) is 0 Å². The molecule has 0 radical (unpaired) electrons. The maximum atomic E-state index is 11.6. The summed E-state index contributed by atoms with van der Waals surface area (Å²) >= 11 is 0. The van der Waals surface area contributed by atoms with Crippen LogP contribution in [0.1, 0.15) is 0 Å². The van der Waals surface area contributed by atoms with Crippen LogP contribution in [0.5, 0.6) is 5.75 Å². The van der Waals surface area contributed by atoms with E-state index in [9.17, 15) is 20.0 Å². The number of carbonyl (C=O) groups excluding carboxylic acids is 1. The molecule has 1 aliphatic heterocycles. The number of non-ortho nitro benzene ring substituents is 1. The highest BCUT2D eigenvalue weighted by molar-refractivity contribution is 5.94. The molecule has 0 bridgehead atoms. The van der Waals surface area contributed by atoms with Gasteiger partial charge < -0.3 is 15.7 Å². The first-order valence-corrected chi connectivity index (χ1v) is 5.07. The van der Waals surface area contributed by atoms with E-state index in [1.807, 2.05) is 0 Å². The van der Waals surface area contributed by atoms with E-state index in [1.165, 1.54) is 12.1 Å². The van der Waals surface area contributed by atoms with Gasteiger partial charge in [0.15, 0.2) is 0 Å². The maximum Gasteiger partial charge on any atom is 0.273 e. The van der Waals surface area contributed by atoms with Crippen molar-refractivity contribution in [2.75, 3.05) is 18.4 Å². The summed E-state index contributed by atoms with van der Waals surface area (Å²) < 4.78 is 0. The van der Waals surface area contributed by atoms with Crippen LogP contribution in [0.15, 0.2) is 18.2 Å². The fraction of sp³-hybridized carbons (Fsp3) is 0.300. The van der Waals surface area contributed by atoms with E-state index < -0.39 is 4.92 Å². The van der Waals surface area contributed by atoms with E-state index in [0.717, 1.165) is 6.07 Å². The largest absolute Gasteiger partial charge is 0.506 e. The molecule has 17 heavy (non-hydrogen) atoms. The van der Waals surface area contributed by atoms with Gasteiger partial charge >= 0.3 is 0 Å². The normalized spacial score (nSPS) is 15.1. The number of amides is 1. The zero-order valence-electron chi connectivity index (χ0n) is 8.84. The van der Waals surface area contributed by atoms with Gasteiger partial charge in [-0.05, 0) is 6.07 Å². The summed E-state index contributed by atoms with van der Waals surface area (Å²) in [5, 5.41) is 25.5. The minimum absolute atomic E-state index is 0.107. The van der Waals surface area contributed by atoms with Crippen LogP contribution in [0.4, 0.5) is 11.4 Å². The quantitative estimate of drug-likeness (QED) is 0.402. The average molecular weight is 237 g/mol. The van der Waals surface area contributed by atoms with Gasteiger partial charge in [-0.25, -0.2) is 0 Å². The van der Waals surface area contributed by atoms with E-state index in [2.05, 4.69) is 10.6 Å². The molecule has 1 amide bonds. The predicted octanol–water partition coefficient (Wildman–Crippen LogP) is 0.458. The molecule has 1 fully saturated rings. The first kappa shape index (κ1) is 11.3. The molecule has 0 unspecified atom stereocenters. The van der Waals surface area contributed by atoms with Gasteiger partial charge in [-0.15, -0.1) is 0 Å². The van der Waals surface area contributed by atoms with Crippen molar-refractivity contribution in [3.63, 3.8) is 0 Å². The zero-order valence-corrected chi connectivity index (χ0v) is 8.84. The number of aromatic hydroxyl groups is 1. The van der Waals surface area contributed by atoms with Crippen molar-refractivity contribution in [1.29, 1.82) is 0 Å². The number of nitro groups is 1. The third-order valence-corrected chi connectivity index (χ3v) is 2.60. The number of carbonyl (C=O) groups is 1. The lowest BCUT2D eigenvalue weighted by molar-refractivity contribution is -0.384. The fourth-order valence-electron chi connectivity index (χ4n) is 1.45. The first-order valence-electron chi connectivity index (χ1n) is 5.07. The summed E-state index contributed by atoms with van der Waals surface area (Å²) in [6.07, 6.45) is 0. The number of phenolic OH excluding ortho intramolecular Hbond substituents is 1. The lowest BCUT2D eigenvalue weighted by atomic mass is 10.0. The maximum absolute atomic E-state index is 11.6. The monoisotopic (exact) mass is 237 g/mol. The molecule has 1 aliphatic rings. The predicted molar refractivity (Wildman–Crippen MR) is 59.8 cm³/mol. The van der Waals surface area contributed by atoms with Gasteiger partial charge in [-0.1, -0.05) is 0 Å². The lowest BCUT2D eigenvalue weighted by Crippen LogP contribution is -2.48. The molecule has 0 aromatic heterocycles. The van der Waals surface area contributed by atoms with Crippen molar-refractivity contribution in [1.82, 2.24) is 5.32 Å². The Morgan fingerprint density at radius 1 is 1.53 bits per heavy atom. The van der Waals surface area contributed by atoms with Crippen LogP contribution >= 0.6 is 0 Å². The Bertz CT molecular complexity index is 471. The molecule has 0 aliphatic carbocycles. The van der Waals surface area contributed by atoms with Gasteiger partial charge in [-0.3, -0.25) is 14.9 Å². The highest BCUT2D eigenvalue weighted by Gasteiger charge is 2.25. The molecular weight excluding hydrogens is 226 g/mol. The Kier molecular flexibility index (Phi) is 2.92. The Morgan fingerprint density at radius 2 is 2.24 bits per heavy atom. The standard InChI is InChI=1S/C10H11N3O4/c14-9-3-7(13(16)17)1-2-8(9)12-10(15)6-4-11-5-6/h1-3,6,11,14H,4-5H2,(H,12,15). The first-order chi connectivity index (χ1) is 8.08. The molecule has 2 rings (SSSR count). The number of nitrogens with one attached hydrogen (secondary N) is 2. The molecule has 0 atom stereocenters. The van der Waals surface area contributed by atoms with E-state index in [4.69, 9.17) is 0 Å². The highest BCUT2D eigenvalue weighted by atomic mass is 16.6. The SMILES string of the molecule is O=C(Nc1ccc([N+](=O)[O-])cc1O)C1CNC1. The van der Waals surface area contributed by atoms with Gasteiger partial charge in [0, 0.05) is 19.2 Å². The number of hydrogen-bond acceptors (Lipinski definition) is 5. The molecule has 7 nitrogen and oxygen atoms in total. The smallest absolute Gasteiger partial charge is 0.273 e. The number of nitro benzene ring substituents is 1. The Morgan fingerprint density at radius 3 is 2.71 bits per heavy atom. The minimum atomic E-state index is -0.610. The molecule has 90 valence electrons. The number of phenols is 1. The third kappa shape index (κ3) is 2.34. The number of hydrogen-bond donors (Lipinski definition) is 3. The van der Waals surface area contributed by atoms with Gasteiger partial charge in [0.25, 0.3) is 5.69 Å². The summed E-state index contributed by atoms with van der Waals surface area (Å²) in [6, 6.07) is 3.56. The molecule has 7 heteroatoms. The van der Waals surface area contributed by atoms with Gasteiger partial charge in [0.1, 0.15) is 5.75 Å². The summed E-state index contributed by atoms with van der Waals surface area (Å²) in [6.45, 7) is 1.22. The van der Waals surface area contributed by atoms with Crippen molar-refractivity contribution in [2.24, 2.45) is 5.92 Å². The molecular formula is C10H11N3O4. The summed E-state index contributed by atoms with van der Waals surface area (Å²) in [5.74, 6) is -0.614. The second-order valence-corrected chi connectivity index (χ2v) is 3.80. The van der Waals surface area contributed by atoms with Gasteiger partial charge in [0.05, 0.1) is 22.6 Å². The molecule has 0 saturated carbocycles. The summed E-state index contributed by atoms with van der Waals surface area (Å²) in [7, 11) is 0. The molecule has 0 spiro atoms. The van der Waals surface area contributed by atoms with Crippen LogP contribution in [-0.2, 0) is 4.79 Å². The second-order valence-electron chi connectivity index (χ2n) is 3.80. The summed E-state index contributed by atoms with van der Waals surface area (Å²) in [5.41, 5.74) is -0.0293. The van der Waals surface area contributed by atoms with E-state index in [1.54, 1.807) is 0 Å². The van der Waals surface area contributed by atoms with E-state index in [0.29, 0.717) is 13.1 Å². The number of rotatable bonds is 3. The van der Waals surface area contributed by atoms with Crippen LogP contribution in [0.2, 0.25) is 0 Å². The summed E-state index contributed by atoms with van der Waals surface area (Å²) in [4.78, 5) is 21.4. The molecule has 1 heterocycles. The number of nitrogens with zero attached hydrogens (tertiary/aromatic N) is 1. The average Bonchev–Trinajstić information content (AvgIpc) is 2.18. The lowest BCUT2D eigenvalue weighted by Gasteiger charge is -2.25. The minimum Gasteiger partial charge on any atom is -0.506 e. The topological polar surface area (TPSA) is 104 Å². The molecule has 3 N–H and O–H groups in total. The number of anilines is 1. The van der Waals surface area contributed by atoms with Gasteiger partial charge in [0.2, 0.25) is 5.91 Å². The van der Waals surface area contributed by atoms with Crippen LogP contribution in [0.3, 0.4) is 0 Å². The number of benzene rings is 1. The van der Waals surface area contributed by atoms with E-state index in [-0.39, 0.29) is 28.9 Å². The molecule has 1 aromatic rings. The van der Waals surface area contributed by atoms with E-state index >= 15 is 0 Å². The fourth-order valence-corrected chi connectivity index (χ4v) is 1.45. The zero-order chi connectivity index (χ0) is 12.4. The van der Waals surface area contributed by atoms with Crippen molar-refractivity contribution in [2.45, 2.75) is 0 Å². The molecule has 1 aromatic carbocycles. The van der Waals surface area contributed by atoms with Crippen molar-refractivity contribution < 1.29 is 14.8 Å². The Labute approximate surface area is 96.6 Å². The second kappa shape index (κ2) is 4.38. The van der Waals surface area contributed by atoms with Crippen molar-refractivity contribution >= 4 is 17.3 Å². The van der Waals surface area contributed by atoms with Crippen molar-refractivity contribution in [3.05, 3.63) is 28.3 Å². The third-order valence-electron chi connectivity index (χ3n) is 2.60. The van der Waals surface area contributed by atoms with Crippen LogP contribution < -0.4 is 10.6 Å². The van der Waals surface area contributed by atoms with Crippen LogP contribution in [0, 0.1) is 16.0 Å². The Balaban J connectivity index is 2.10. The molecule has 1 saturated heterocycles.